The van der Waals surface area contributed by atoms with Crippen LogP contribution in [0.1, 0.15) is 12.0 Å². The highest BCUT2D eigenvalue weighted by Gasteiger charge is 2.00. The molecule has 0 aliphatic heterocycles. The highest BCUT2D eigenvalue weighted by molar-refractivity contribution is 7.85. The van der Waals surface area contributed by atoms with Crippen molar-refractivity contribution in [3.05, 3.63) is 23.8 Å². The Balaban J connectivity index is 0.000000362. The standard InChI is InChI=1S/C9H12O2.C3H9NO3S/c1-7-4-8(10-2)6-9(5-7)11-3;4-2-1-3-8(5,6)7/h4-6H,1-3H3;1-4H2,(H,5,6,7). The lowest BCUT2D eigenvalue weighted by Crippen LogP contribution is -2.09. The highest BCUT2D eigenvalue weighted by Crippen LogP contribution is 2.21. The lowest BCUT2D eigenvalue weighted by atomic mass is 10.2. The molecule has 7 heteroatoms. The van der Waals surface area contributed by atoms with Crippen molar-refractivity contribution in [1.82, 2.24) is 0 Å². The predicted octanol–water partition coefficient (Wildman–Crippen LogP) is 1.24. The summed E-state index contributed by atoms with van der Waals surface area (Å²) in [4.78, 5) is 0. The van der Waals surface area contributed by atoms with E-state index < -0.39 is 10.1 Å². The summed E-state index contributed by atoms with van der Waals surface area (Å²) in [5.74, 6) is 1.44. The number of ether oxygens (including phenoxy) is 2. The molecule has 0 unspecified atom stereocenters. The van der Waals surface area contributed by atoms with Gasteiger partial charge >= 0.3 is 0 Å². The first-order valence-corrected chi connectivity index (χ1v) is 7.28. The first-order chi connectivity index (χ1) is 8.82. The van der Waals surface area contributed by atoms with E-state index in [1.807, 2.05) is 25.1 Å². The Labute approximate surface area is 114 Å². The molecule has 1 aromatic carbocycles. The third-order valence-electron chi connectivity index (χ3n) is 2.10. The summed E-state index contributed by atoms with van der Waals surface area (Å²) in [6.07, 6.45) is 0.318. The van der Waals surface area contributed by atoms with Crippen LogP contribution in [0.15, 0.2) is 18.2 Å². The zero-order valence-corrected chi connectivity index (χ0v) is 12.2. The van der Waals surface area contributed by atoms with Crippen molar-refractivity contribution >= 4 is 10.1 Å². The van der Waals surface area contributed by atoms with Gasteiger partial charge in [0.25, 0.3) is 10.1 Å². The molecular formula is C12H21NO5S. The molecule has 0 bridgehead atoms. The van der Waals surface area contributed by atoms with Crippen LogP contribution in [-0.2, 0) is 10.1 Å². The van der Waals surface area contributed by atoms with Crippen molar-refractivity contribution < 1.29 is 22.4 Å². The molecule has 19 heavy (non-hydrogen) atoms. The monoisotopic (exact) mass is 291 g/mol. The van der Waals surface area contributed by atoms with Crippen molar-refractivity contribution in [1.29, 1.82) is 0 Å². The molecule has 1 rings (SSSR count). The molecule has 0 radical (unpaired) electrons. The van der Waals surface area contributed by atoms with Gasteiger partial charge in [0.2, 0.25) is 0 Å². The van der Waals surface area contributed by atoms with Gasteiger partial charge in [0.15, 0.2) is 0 Å². The summed E-state index contributed by atoms with van der Waals surface area (Å²) in [6.45, 7) is 2.30. The minimum atomic E-state index is -3.77. The van der Waals surface area contributed by atoms with Crippen molar-refractivity contribution in [3.63, 3.8) is 0 Å². The molecule has 0 fully saturated rings. The number of nitrogens with two attached hydrogens (primary N) is 1. The van der Waals surface area contributed by atoms with Crippen molar-refractivity contribution in [2.24, 2.45) is 5.73 Å². The van der Waals surface area contributed by atoms with Crippen molar-refractivity contribution in [3.8, 4) is 11.5 Å². The average molecular weight is 291 g/mol. The fourth-order valence-electron chi connectivity index (χ4n) is 1.22. The summed E-state index contributed by atoms with van der Waals surface area (Å²) in [6, 6.07) is 5.78. The Morgan fingerprint density at radius 2 is 1.63 bits per heavy atom. The van der Waals surface area contributed by atoms with Gasteiger partial charge in [-0.25, -0.2) is 0 Å². The number of hydrogen-bond donors (Lipinski definition) is 2. The van der Waals surface area contributed by atoms with Gasteiger partial charge in [0.1, 0.15) is 11.5 Å². The van der Waals surface area contributed by atoms with E-state index in [9.17, 15) is 8.42 Å². The van der Waals surface area contributed by atoms with Gasteiger partial charge in [-0.05, 0) is 37.6 Å². The maximum atomic E-state index is 9.89. The van der Waals surface area contributed by atoms with Gasteiger partial charge in [-0.3, -0.25) is 4.55 Å². The maximum absolute atomic E-state index is 9.89. The number of aryl methyl sites for hydroxylation is 1. The molecular weight excluding hydrogens is 270 g/mol. The topological polar surface area (TPSA) is 98.9 Å². The molecule has 0 saturated heterocycles. The summed E-state index contributed by atoms with van der Waals surface area (Å²) >= 11 is 0. The van der Waals surface area contributed by atoms with E-state index in [2.05, 4.69) is 0 Å². The van der Waals surface area contributed by atoms with E-state index in [0.29, 0.717) is 13.0 Å². The fraction of sp³-hybridized carbons (Fsp3) is 0.500. The van der Waals surface area contributed by atoms with Crippen LogP contribution in [0.4, 0.5) is 0 Å². The molecule has 1 aromatic rings. The van der Waals surface area contributed by atoms with Gasteiger partial charge in [-0.1, -0.05) is 0 Å². The SMILES string of the molecule is COc1cc(C)cc(OC)c1.NCCCS(=O)(=O)O. The Morgan fingerprint density at radius 1 is 1.16 bits per heavy atom. The second-order valence-electron chi connectivity index (χ2n) is 3.82. The first-order valence-electron chi connectivity index (χ1n) is 5.67. The van der Waals surface area contributed by atoms with E-state index >= 15 is 0 Å². The van der Waals surface area contributed by atoms with E-state index in [0.717, 1.165) is 17.1 Å². The molecule has 110 valence electrons. The minimum absolute atomic E-state index is 0.233. The average Bonchev–Trinajstić information content (AvgIpc) is 2.35. The molecule has 0 saturated carbocycles. The summed E-state index contributed by atoms with van der Waals surface area (Å²) in [5, 5.41) is 0. The van der Waals surface area contributed by atoms with Crippen LogP contribution >= 0.6 is 0 Å². The Hall–Kier alpha value is -1.31. The number of benzene rings is 1. The van der Waals surface area contributed by atoms with E-state index in [4.69, 9.17) is 19.8 Å². The largest absolute Gasteiger partial charge is 0.497 e. The maximum Gasteiger partial charge on any atom is 0.264 e. The smallest absolute Gasteiger partial charge is 0.264 e. The van der Waals surface area contributed by atoms with Gasteiger partial charge in [0, 0.05) is 6.07 Å². The van der Waals surface area contributed by atoms with Crippen molar-refractivity contribution in [2.45, 2.75) is 13.3 Å². The number of hydrogen-bond acceptors (Lipinski definition) is 5. The van der Waals surface area contributed by atoms with E-state index in [-0.39, 0.29) is 5.75 Å². The summed E-state index contributed by atoms with van der Waals surface area (Å²) in [5.41, 5.74) is 6.10. The second-order valence-corrected chi connectivity index (χ2v) is 5.39. The van der Waals surface area contributed by atoms with Crippen LogP contribution in [0.2, 0.25) is 0 Å². The molecule has 0 aliphatic carbocycles. The summed E-state index contributed by atoms with van der Waals surface area (Å²) < 4.78 is 38.0. The van der Waals surface area contributed by atoms with Gasteiger partial charge in [0.05, 0.1) is 20.0 Å². The van der Waals surface area contributed by atoms with Gasteiger partial charge < -0.3 is 15.2 Å². The van der Waals surface area contributed by atoms with Crippen molar-refractivity contribution in [2.75, 3.05) is 26.5 Å². The second kappa shape index (κ2) is 8.73. The first kappa shape index (κ1) is 17.7. The Kier molecular flexibility index (Phi) is 8.13. The normalized spacial score (nSPS) is 10.4. The zero-order chi connectivity index (χ0) is 14.9. The fourth-order valence-corrected chi connectivity index (χ4v) is 1.75. The Morgan fingerprint density at radius 3 is 1.89 bits per heavy atom. The molecule has 0 heterocycles. The lowest BCUT2D eigenvalue weighted by molar-refractivity contribution is 0.394. The molecule has 0 spiro atoms. The predicted molar refractivity (Wildman–Crippen MR) is 74.4 cm³/mol. The third kappa shape index (κ3) is 9.29. The molecule has 0 aliphatic rings. The van der Waals surface area contributed by atoms with Crippen LogP contribution in [0.3, 0.4) is 0 Å². The third-order valence-corrected chi connectivity index (χ3v) is 2.91. The molecule has 0 aromatic heterocycles. The minimum Gasteiger partial charge on any atom is -0.497 e. The lowest BCUT2D eigenvalue weighted by Gasteiger charge is -2.04. The molecule has 0 atom stereocenters. The van der Waals surface area contributed by atoms with Gasteiger partial charge in [-0.15, -0.1) is 0 Å². The molecule has 0 amide bonds. The van der Waals surface area contributed by atoms with Crippen LogP contribution in [0, 0.1) is 6.92 Å². The zero-order valence-electron chi connectivity index (χ0n) is 11.4. The highest BCUT2D eigenvalue weighted by atomic mass is 32.2. The Bertz CT molecular complexity index is 451. The molecule has 3 N–H and O–H groups in total. The quantitative estimate of drug-likeness (QED) is 0.792. The van der Waals surface area contributed by atoms with Crippen LogP contribution < -0.4 is 15.2 Å². The number of rotatable bonds is 5. The van der Waals surface area contributed by atoms with Crippen LogP contribution in [0.5, 0.6) is 11.5 Å². The summed E-state index contributed by atoms with van der Waals surface area (Å²) in [7, 11) is -0.472. The number of methoxy groups -OCH3 is 2. The van der Waals surface area contributed by atoms with E-state index in [1.54, 1.807) is 14.2 Å². The van der Waals surface area contributed by atoms with Gasteiger partial charge in [-0.2, -0.15) is 8.42 Å². The van der Waals surface area contributed by atoms with E-state index in [1.165, 1.54) is 0 Å². The van der Waals surface area contributed by atoms with Crippen LogP contribution in [0.25, 0.3) is 0 Å². The molecule has 6 nitrogen and oxygen atoms in total. The van der Waals surface area contributed by atoms with Crippen LogP contribution in [-0.4, -0.2) is 39.5 Å².